The van der Waals surface area contributed by atoms with Crippen LogP contribution in [-0.4, -0.2) is 17.7 Å². The van der Waals surface area contributed by atoms with Crippen molar-refractivity contribution in [3.8, 4) is 0 Å². The molecule has 3 amide bonds. The second-order valence-electron chi connectivity index (χ2n) is 6.47. The Hall–Kier alpha value is -3.93. The number of nitrogens with zero attached hydrogens (tertiary/aromatic N) is 2. The van der Waals surface area contributed by atoms with Crippen molar-refractivity contribution >= 4 is 34.8 Å². The van der Waals surface area contributed by atoms with Gasteiger partial charge in [0.05, 0.1) is 12.2 Å². The van der Waals surface area contributed by atoms with Gasteiger partial charge in [0.1, 0.15) is 0 Å². The first-order valence-corrected chi connectivity index (χ1v) is 9.08. The maximum absolute atomic E-state index is 13.2. The van der Waals surface area contributed by atoms with Crippen LogP contribution in [0.3, 0.4) is 0 Å². The van der Waals surface area contributed by atoms with Gasteiger partial charge in [-0.15, -0.1) is 0 Å². The minimum absolute atomic E-state index is 0.193. The molecule has 0 unspecified atom stereocenters. The van der Waals surface area contributed by atoms with Gasteiger partial charge >= 0.3 is 11.8 Å². The zero-order chi connectivity index (χ0) is 20.8. The maximum atomic E-state index is 13.2. The first kappa shape index (κ1) is 19.8. The van der Waals surface area contributed by atoms with E-state index >= 15 is 0 Å². The molecule has 0 aliphatic heterocycles. The predicted molar refractivity (Wildman–Crippen MR) is 113 cm³/mol. The molecule has 0 aliphatic carbocycles. The van der Waals surface area contributed by atoms with Gasteiger partial charge in [0.15, 0.2) is 0 Å². The highest BCUT2D eigenvalue weighted by Crippen LogP contribution is 2.22. The number of nitrogen functional groups attached to an aromatic ring is 1. The Balaban J connectivity index is 1.97. The van der Waals surface area contributed by atoms with Crippen LogP contribution in [-0.2, 0) is 20.9 Å². The molecule has 6 heteroatoms. The Kier molecular flexibility index (Phi) is 6.04. The summed E-state index contributed by atoms with van der Waals surface area (Å²) in [6.45, 7) is 1.43. The SMILES string of the molecule is CC(=O)N(C(=O)C(=O)N(Cc1ccccc1)c1ccccc1)c1cccc(N)c1. The lowest BCUT2D eigenvalue weighted by atomic mass is 10.2. The lowest BCUT2D eigenvalue weighted by molar-refractivity contribution is -0.138. The quantitative estimate of drug-likeness (QED) is 0.549. The maximum Gasteiger partial charge on any atom is 0.323 e. The number of para-hydroxylation sites is 1. The summed E-state index contributed by atoms with van der Waals surface area (Å²) in [6.07, 6.45) is 0. The molecule has 0 spiro atoms. The van der Waals surface area contributed by atoms with E-state index in [1.165, 1.54) is 17.9 Å². The summed E-state index contributed by atoms with van der Waals surface area (Å²) in [5, 5.41) is 0. The highest BCUT2D eigenvalue weighted by atomic mass is 16.2. The van der Waals surface area contributed by atoms with E-state index < -0.39 is 17.7 Å². The molecule has 0 aromatic heterocycles. The van der Waals surface area contributed by atoms with E-state index in [4.69, 9.17) is 5.73 Å². The summed E-state index contributed by atoms with van der Waals surface area (Å²) >= 11 is 0. The number of benzene rings is 3. The van der Waals surface area contributed by atoms with Crippen LogP contribution in [0.5, 0.6) is 0 Å². The molecule has 0 aliphatic rings. The molecule has 0 radical (unpaired) electrons. The number of amides is 3. The Bertz CT molecular complexity index is 1020. The lowest BCUT2D eigenvalue weighted by Crippen LogP contribution is -2.47. The summed E-state index contributed by atoms with van der Waals surface area (Å²) in [6, 6.07) is 24.5. The van der Waals surface area contributed by atoms with Crippen LogP contribution in [0.15, 0.2) is 84.9 Å². The van der Waals surface area contributed by atoms with Crippen LogP contribution in [0.2, 0.25) is 0 Å². The number of imide groups is 1. The fourth-order valence-corrected chi connectivity index (χ4v) is 2.97. The first-order valence-electron chi connectivity index (χ1n) is 9.08. The molecule has 146 valence electrons. The summed E-state index contributed by atoms with van der Waals surface area (Å²) < 4.78 is 0. The van der Waals surface area contributed by atoms with Crippen molar-refractivity contribution in [2.24, 2.45) is 0 Å². The predicted octanol–water partition coefficient (Wildman–Crippen LogP) is 3.38. The molecule has 0 bridgehead atoms. The zero-order valence-corrected chi connectivity index (χ0v) is 16.0. The molecule has 0 saturated heterocycles. The second kappa shape index (κ2) is 8.84. The van der Waals surface area contributed by atoms with Gasteiger partial charge in [0, 0.05) is 18.3 Å². The van der Waals surface area contributed by atoms with Crippen LogP contribution in [0, 0.1) is 0 Å². The minimum atomic E-state index is -0.942. The van der Waals surface area contributed by atoms with E-state index in [0.717, 1.165) is 10.5 Å². The van der Waals surface area contributed by atoms with Gasteiger partial charge in [-0.3, -0.25) is 19.3 Å². The average molecular weight is 387 g/mol. The minimum Gasteiger partial charge on any atom is -0.399 e. The lowest BCUT2D eigenvalue weighted by Gasteiger charge is -2.26. The van der Waals surface area contributed by atoms with Gasteiger partial charge in [-0.2, -0.15) is 0 Å². The second-order valence-corrected chi connectivity index (χ2v) is 6.47. The molecule has 6 nitrogen and oxygen atoms in total. The molecule has 0 atom stereocenters. The van der Waals surface area contributed by atoms with Crippen molar-refractivity contribution in [3.63, 3.8) is 0 Å². The van der Waals surface area contributed by atoms with Crippen molar-refractivity contribution < 1.29 is 14.4 Å². The number of hydrogen-bond acceptors (Lipinski definition) is 4. The van der Waals surface area contributed by atoms with Gasteiger partial charge in [0.25, 0.3) is 0 Å². The molecule has 2 N–H and O–H groups in total. The number of hydrogen-bond donors (Lipinski definition) is 1. The molecule has 0 saturated carbocycles. The molecule has 0 heterocycles. The Morgan fingerprint density at radius 3 is 1.93 bits per heavy atom. The number of carbonyl (C=O) groups is 3. The Morgan fingerprint density at radius 1 is 0.759 bits per heavy atom. The van der Waals surface area contributed by atoms with Crippen LogP contribution in [0.4, 0.5) is 17.1 Å². The van der Waals surface area contributed by atoms with Gasteiger partial charge in [-0.25, -0.2) is 4.90 Å². The average Bonchev–Trinajstić information content (AvgIpc) is 2.73. The van der Waals surface area contributed by atoms with E-state index in [-0.39, 0.29) is 12.2 Å². The zero-order valence-electron chi connectivity index (χ0n) is 16.0. The molecule has 29 heavy (non-hydrogen) atoms. The topological polar surface area (TPSA) is 83.7 Å². The van der Waals surface area contributed by atoms with Crippen LogP contribution < -0.4 is 15.5 Å². The number of nitrogens with two attached hydrogens (primary N) is 1. The fourth-order valence-electron chi connectivity index (χ4n) is 2.97. The van der Waals surface area contributed by atoms with Gasteiger partial charge in [-0.05, 0) is 35.9 Å². The summed E-state index contributed by atoms with van der Waals surface area (Å²) in [4.78, 5) is 40.7. The van der Waals surface area contributed by atoms with E-state index in [0.29, 0.717) is 11.4 Å². The van der Waals surface area contributed by atoms with E-state index in [2.05, 4.69) is 0 Å². The van der Waals surface area contributed by atoms with Crippen LogP contribution >= 0.6 is 0 Å². The van der Waals surface area contributed by atoms with Gasteiger partial charge in [0.2, 0.25) is 5.91 Å². The fraction of sp³-hybridized carbons (Fsp3) is 0.0870. The highest BCUT2D eigenvalue weighted by molar-refractivity contribution is 6.48. The van der Waals surface area contributed by atoms with Crippen LogP contribution in [0.1, 0.15) is 12.5 Å². The third-order valence-corrected chi connectivity index (χ3v) is 4.33. The molecule has 3 aromatic carbocycles. The molecular formula is C23H21N3O3. The number of rotatable bonds is 4. The standard InChI is InChI=1S/C23H21N3O3/c1-17(27)26(21-14-8-11-19(24)15-21)23(29)22(28)25(20-12-6-3-7-13-20)16-18-9-4-2-5-10-18/h2-15H,16,24H2,1H3. The van der Waals surface area contributed by atoms with E-state index in [9.17, 15) is 14.4 Å². The number of carbonyl (C=O) groups excluding carboxylic acids is 3. The first-order chi connectivity index (χ1) is 14.0. The molecule has 3 aromatic rings. The van der Waals surface area contributed by atoms with E-state index in [1.54, 1.807) is 42.5 Å². The van der Waals surface area contributed by atoms with Gasteiger partial charge in [-0.1, -0.05) is 54.6 Å². The summed E-state index contributed by atoms with van der Waals surface area (Å²) in [7, 11) is 0. The van der Waals surface area contributed by atoms with Crippen molar-refractivity contribution in [3.05, 3.63) is 90.5 Å². The smallest absolute Gasteiger partial charge is 0.323 e. The van der Waals surface area contributed by atoms with Crippen LogP contribution in [0.25, 0.3) is 0 Å². The van der Waals surface area contributed by atoms with Crippen molar-refractivity contribution in [2.45, 2.75) is 13.5 Å². The highest BCUT2D eigenvalue weighted by Gasteiger charge is 2.31. The molecule has 0 fully saturated rings. The summed E-state index contributed by atoms with van der Waals surface area (Å²) in [5.74, 6) is -2.32. The van der Waals surface area contributed by atoms with Crippen molar-refractivity contribution in [1.82, 2.24) is 0 Å². The van der Waals surface area contributed by atoms with Gasteiger partial charge < -0.3 is 5.73 Å². The monoisotopic (exact) mass is 387 g/mol. The molecular weight excluding hydrogens is 366 g/mol. The largest absolute Gasteiger partial charge is 0.399 e. The Labute approximate surface area is 169 Å². The van der Waals surface area contributed by atoms with E-state index in [1.807, 2.05) is 36.4 Å². The molecule has 3 rings (SSSR count). The normalized spacial score (nSPS) is 10.2. The third kappa shape index (κ3) is 4.68. The third-order valence-electron chi connectivity index (χ3n) is 4.33. The number of anilines is 3. The summed E-state index contributed by atoms with van der Waals surface area (Å²) in [5.41, 5.74) is 7.84. The van der Waals surface area contributed by atoms with Crippen molar-refractivity contribution in [2.75, 3.05) is 15.5 Å². The Morgan fingerprint density at radius 2 is 1.34 bits per heavy atom. The van der Waals surface area contributed by atoms with Crippen molar-refractivity contribution in [1.29, 1.82) is 0 Å².